The second kappa shape index (κ2) is 4.23. The maximum absolute atomic E-state index is 11.4. The van der Waals surface area contributed by atoms with Gasteiger partial charge in [0.25, 0.3) is 0 Å². The van der Waals surface area contributed by atoms with E-state index in [0.29, 0.717) is 12.5 Å². The van der Waals surface area contributed by atoms with Gasteiger partial charge in [-0.25, -0.2) is 0 Å². The van der Waals surface area contributed by atoms with E-state index in [1.807, 2.05) is 13.0 Å². The molecule has 0 amide bonds. The molecule has 0 aromatic carbocycles. The van der Waals surface area contributed by atoms with E-state index < -0.39 is 5.97 Å². The van der Waals surface area contributed by atoms with E-state index >= 15 is 0 Å². The molecule has 18 heavy (non-hydrogen) atoms. The quantitative estimate of drug-likeness (QED) is 0.830. The zero-order valence-corrected chi connectivity index (χ0v) is 10.4. The number of rotatable bonds is 3. The summed E-state index contributed by atoms with van der Waals surface area (Å²) >= 11 is 0. The Morgan fingerprint density at radius 1 is 1.33 bits per heavy atom. The standard InChI is InChI=1S/C13H17N3O2/c1-8-14-15-12(16(8)9-6-7-9)10-4-2-3-5-11(10)13(17)18/h2-3,9-11H,4-7H2,1H3,(H,17,18)/t10-,11+/m1/s1. The van der Waals surface area contributed by atoms with Crippen LogP contribution in [0.25, 0.3) is 0 Å². The lowest BCUT2D eigenvalue weighted by Gasteiger charge is -2.25. The molecule has 2 atom stereocenters. The highest BCUT2D eigenvalue weighted by Gasteiger charge is 2.37. The first-order valence-electron chi connectivity index (χ1n) is 6.47. The second-order valence-electron chi connectivity index (χ2n) is 5.20. The Morgan fingerprint density at radius 3 is 2.72 bits per heavy atom. The first kappa shape index (κ1) is 11.4. The van der Waals surface area contributed by atoms with E-state index in [1.54, 1.807) is 0 Å². The van der Waals surface area contributed by atoms with Gasteiger partial charge in [0.2, 0.25) is 0 Å². The van der Waals surface area contributed by atoms with Crippen LogP contribution in [0, 0.1) is 12.8 Å². The lowest BCUT2D eigenvalue weighted by molar-refractivity contribution is -0.142. The van der Waals surface area contributed by atoms with Crippen LogP contribution in [0.5, 0.6) is 0 Å². The van der Waals surface area contributed by atoms with Crippen molar-refractivity contribution in [3.63, 3.8) is 0 Å². The van der Waals surface area contributed by atoms with Crippen molar-refractivity contribution in [2.24, 2.45) is 5.92 Å². The third kappa shape index (κ3) is 1.83. The molecule has 96 valence electrons. The zero-order valence-electron chi connectivity index (χ0n) is 10.4. The number of allylic oxidation sites excluding steroid dienone is 2. The number of nitrogens with zero attached hydrogens (tertiary/aromatic N) is 3. The Bertz CT molecular complexity index is 502. The molecule has 5 nitrogen and oxygen atoms in total. The average Bonchev–Trinajstić information content (AvgIpc) is 3.12. The highest BCUT2D eigenvalue weighted by atomic mass is 16.4. The summed E-state index contributed by atoms with van der Waals surface area (Å²) in [7, 11) is 0. The number of carbonyl (C=O) groups is 1. The number of hydrogen-bond acceptors (Lipinski definition) is 3. The first-order chi connectivity index (χ1) is 8.68. The van der Waals surface area contributed by atoms with E-state index in [-0.39, 0.29) is 11.8 Å². The topological polar surface area (TPSA) is 68.0 Å². The van der Waals surface area contributed by atoms with Crippen molar-refractivity contribution in [1.82, 2.24) is 14.8 Å². The molecule has 0 bridgehead atoms. The number of carboxylic acid groups (broad SMARTS) is 1. The lowest BCUT2D eigenvalue weighted by Crippen LogP contribution is -2.26. The highest BCUT2D eigenvalue weighted by molar-refractivity contribution is 5.71. The molecular weight excluding hydrogens is 230 g/mol. The largest absolute Gasteiger partial charge is 0.481 e. The van der Waals surface area contributed by atoms with Crippen molar-refractivity contribution < 1.29 is 9.90 Å². The normalized spacial score (nSPS) is 27.4. The lowest BCUT2D eigenvalue weighted by atomic mass is 9.82. The maximum Gasteiger partial charge on any atom is 0.307 e. The Labute approximate surface area is 106 Å². The predicted octanol–water partition coefficient (Wildman–Crippen LogP) is 2.06. The molecule has 0 aliphatic heterocycles. The van der Waals surface area contributed by atoms with Crippen molar-refractivity contribution in [2.75, 3.05) is 0 Å². The minimum absolute atomic E-state index is 0.0331. The van der Waals surface area contributed by atoms with Crippen LogP contribution in [0.3, 0.4) is 0 Å². The van der Waals surface area contributed by atoms with Crippen LogP contribution in [0.2, 0.25) is 0 Å². The number of carboxylic acids is 1. The summed E-state index contributed by atoms with van der Waals surface area (Å²) in [6.07, 6.45) is 7.68. The third-order valence-corrected chi connectivity index (χ3v) is 3.89. The van der Waals surface area contributed by atoms with Gasteiger partial charge in [-0.05, 0) is 32.6 Å². The van der Waals surface area contributed by atoms with Crippen molar-refractivity contribution in [2.45, 2.75) is 44.6 Å². The van der Waals surface area contributed by atoms with E-state index in [1.165, 1.54) is 0 Å². The molecule has 1 N–H and O–H groups in total. The van der Waals surface area contributed by atoms with Crippen LogP contribution >= 0.6 is 0 Å². The minimum Gasteiger partial charge on any atom is -0.481 e. The fourth-order valence-electron chi connectivity index (χ4n) is 2.80. The number of aliphatic carboxylic acids is 1. The van der Waals surface area contributed by atoms with Gasteiger partial charge < -0.3 is 9.67 Å². The molecule has 0 radical (unpaired) electrons. The molecule has 5 heteroatoms. The molecule has 1 saturated carbocycles. The van der Waals surface area contributed by atoms with Crippen molar-refractivity contribution >= 4 is 5.97 Å². The van der Waals surface area contributed by atoms with E-state index in [9.17, 15) is 9.90 Å². The Hall–Kier alpha value is -1.65. The van der Waals surface area contributed by atoms with Crippen molar-refractivity contribution in [1.29, 1.82) is 0 Å². The molecule has 0 unspecified atom stereocenters. The van der Waals surface area contributed by atoms with Crippen LogP contribution < -0.4 is 0 Å². The number of aryl methyl sites for hydroxylation is 1. The molecule has 0 spiro atoms. The van der Waals surface area contributed by atoms with Gasteiger partial charge in [0.05, 0.1) is 5.92 Å². The highest BCUT2D eigenvalue weighted by Crippen LogP contribution is 2.41. The molecule has 1 fully saturated rings. The first-order valence-corrected chi connectivity index (χ1v) is 6.47. The minimum atomic E-state index is -0.729. The van der Waals surface area contributed by atoms with Crippen LogP contribution in [0.15, 0.2) is 12.2 Å². The van der Waals surface area contributed by atoms with Gasteiger partial charge >= 0.3 is 5.97 Å². The molecule has 1 aromatic heterocycles. The van der Waals surface area contributed by atoms with Crippen LogP contribution in [0.1, 0.15) is 49.3 Å². The molecule has 2 aliphatic carbocycles. The van der Waals surface area contributed by atoms with Gasteiger partial charge in [-0.1, -0.05) is 12.2 Å². The monoisotopic (exact) mass is 247 g/mol. The summed E-state index contributed by atoms with van der Waals surface area (Å²) in [5.41, 5.74) is 0. The van der Waals surface area contributed by atoms with Gasteiger partial charge in [-0.15, -0.1) is 10.2 Å². The average molecular weight is 247 g/mol. The van der Waals surface area contributed by atoms with E-state index in [0.717, 1.165) is 30.9 Å². The molecular formula is C13H17N3O2. The zero-order chi connectivity index (χ0) is 12.7. The SMILES string of the molecule is Cc1nnc([C@@H]2CC=CC[C@@H]2C(=O)O)n1C1CC1. The summed E-state index contributed by atoms with van der Waals surface area (Å²) in [4.78, 5) is 11.4. The second-order valence-corrected chi connectivity index (χ2v) is 5.20. The maximum atomic E-state index is 11.4. The predicted molar refractivity (Wildman–Crippen MR) is 65.3 cm³/mol. The molecule has 3 rings (SSSR count). The summed E-state index contributed by atoms with van der Waals surface area (Å²) in [6, 6.07) is 0.496. The Morgan fingerprint density at radius 2 is 2.06 bits per heavy atom. The third-order valence-electron chi connectivity index (χ3n) is 3.89. The molecule has 1 aromatic rings. The van der Waals surface area contributed by atoms with Crippen LogP contribution in [0.4, 0.5) is 0 Å². The summed E-state index contributed by atoms with van der Waals surface area (Å²) < 4.78 is 2.15. The van der Waals surface area contributed by atoms with Gasteiger partial charge in [-0.2, -0.15) is 0 Å². The van der Waals surface area contributed by atoms with Crippen molar-refractivity contribution in [3.8, 4) is 0 Å². The van der Waals surface area contributed by atoms with Gasteiger partial charge in [0, 0.05) is 12.0 Å². The van der Waals surface area contributed by atoms with Crippen LogP contribution in [-0.4, -0.2) is 25.8 Å². The Kier molecular flexibility index (Phi) is 2.69. The van der Waals surface area contributed by atoms with Crippen LogP contribution in [-0.2, 0) is 4.79 Å². The summed E-state index contributed by atoms with van der Waals surface area (Å²) in [6.45, 7) is 1.95. The van der Waals surface area contributed by atoms with E-state index in [2.05, 4.69) is 20.8 Å². The molecule has 1 heterocycles. The van der Waals surface area contributed by atoms with Gasteiger partial charge in [0.15, 0.2) is 0 Å². The fraction of sp³-hybridized carbons (Fsp3) is 0.615. The molecule has 2 aliphatic rings. The van der Waals surface area contributed by atoms with Crippen molar-refractivity contribution in [3.05, 3.63) is 23.8 Å². The number of hydrogen-bond donors (Lipinski definition) is 1. The Balaban J connectivity index is 1.97. The summed E-state index contributed by atoms with van der Waals surface area (Å²) in [5.74, 6) is 0.649. The van der Waals surface area contributed by atoms with Gasteiger partial charge in [0.1, 0.15) is 11.6 Å². The molecule has 0 saturated heterocycles. The fourth-order valence-corrected chi connectivity index (χ4v) is 2.80. The number of aromatic nitrogens is 3. The smallest absolute Gasteiger partial charge is 0.307 e. The van der Waals surface area contributed by atoms with Gasteiger partial charge in [-0.3, -0.25) is 4.79 Å². The summed E-state index contributed by atoms with van der Waals surface area (Å²) in [5, 5.41) is 17.7. The van der Waals surface area contributed by atoms with E-state index in [4.69, 9.17) is 0 Å².